The van der Waals surface area contributed by atoms with Crippen LogP contribution in [0.5, 0.6) is 0 Å². The zero-order valence-electron chi connectivity index (χ0n) is 15.1. The van der Waals surface area contributed by atoms with Gasteiger partial charge in [-0.2, -0.15) is 0 Å². The lowest BCUT2D eigenvalue weighted by Gasteiger charge is -2.14. The number of hydrogen-bond donors (Lipinski definition) is 0. The summed E-state index contributed by atoms with van der Waals surface area (Å²) in [6.07, 6.45) is 4.58. The smallest absolute Gasteiger partial charge is 0.280 e. The molecule has 1 aromatic carbocycles. The third-order valence-corrected chi connectivity index (χ3v) is 6.62. The highest BCUT2D eigenvalue weighted by molar-refractivity contribution is 8.00. The van der Waals surface area contributed by atoms with E-state index in [-0.39, 0.29) is 5.56 Å². The highest BCUT2D eigenvalue weighted by atomic mass is 35.5. The van der Waals surface area contributed by atoms with Crippen LogP contribution in [0.1, 0.15) is 25.7 Å². The Morgan fingerprint density at radius 2 is 1.78 bits per heavy atom. The van der Waals surface area contributed by atoms with Crippen LogP contribution < -0.4 is 11.2 Å². The first-order valence-electron chi connectivity index (χ1n) is 8.86. The lowest BCUT2D eigenvalue weighted by atomic mass is 10.2. The summed E-state index contributed by atoms with van der Waals surface area (Å²) in [5, 5.41) is 1.97. The minimum atomic E-state index is -0.409. The number of hydrogen-bond acceptors (Lipinski definition) is 5. The molecule has 0 radical (unpaired) electrons. The second-order valence-corrected chi connectivity index (χ2v) is 8.46. The van der Waals surface area contributed by atoms with Crippen LogP contribution in [0.15, 0.2) is 38.9 Å². The third kappa shape index (κ3) is 3.19. The van der Waals surface area contributed by atoms with Gasteiger partial charge in [0.2, 0.25) is 0 Å². The third-order valence-electron chi connectivity index (χ3n) is 4.96. The number of halogens is 1. The van der Waals surface area contributed by atoms with Gasteiger partial charge in [0.1, 0.15) is 10.4 Å². The summed E-state index contributed by atoms with van der Waals surface area (Å²) in [6, 6.07) is 7.32. The van der Waals surface area contributed by atoms with Gasteiger partial charge in [0.05, 0.1) is 5.02 Å². The van der Waals surface area contributed by atoms with Gasteiger partial charge in [0.15, 0.2) is 11.5 Å². The van der Waals surface area contributed by atoms with Gasteiger partial charge < -0.3 is 0 Å². The number of thioether (sulfide) groups is 1. The van der Waals surface area contributed by atoms with Gasteiger partial charge >= 0.3 is 5.69 Å². The summed E-state index contributed by atoms with van der Waals surface area (Å²) < 4.78 is 2.51. The van der Waals surface area contributed by atoms with Crippen LogP contribution in [-0.2, 0) is 14.1 Å². The fourth-order valence-electron chi connectivity index (χ4n) is 3.44. The summed E-state index contributed by atoms with van der Waals surface area (Å²) in [6.45, 7) is 0. The minimum absolute atomic E-state index is 0.341. The summed E-state index contributed by atoms with van der Waals surface area (Å²) in [5.74, 6) is 0.428. The molecular weight excluding hydrogens is 384 g/mol. The zero-order chi connectivity index (χ0) is 19.1. The van der Waals surface area contributed by atoms with Gasteiger partial charge in [0.25, 0.3) is 5.56 Å². The van der Waals surface area contributed by atoms with Crippen molar-refractivity contribution in [3.8, 4) is 11.4 Å². The predicted molar refractivity (Wildman–Crippen MR) is 109 cm³/mol. The van der Waals surface area contributed by atoms with Gasteiger partial charge in [-0.3, -0.25) is 13.9 Å². The van der Waals surface area contributed by atoms with Crippen LogP contribution in [0.25, 0.3) is 22.4 Å². The fourth-order valence-corrected chi connectivity index (χ4v) is 4.98. The maximum absolute atomic E-state index is 12.8. The largest absolute Gasteiger partial charge is 0.332 e. The summed E-state index contributed by atoms with van der Waals surface area (Å²) >= 11 is 7.95. The molecule has 1 saturated carbocycles. The number of rotatable bonds is 3. The van der Waals surface area contributed by atoms with Crippen LogP contribution >= 0.6 is 23.4 Å². The Morgan fingerprint density at radius 1 is 1.07 bits per heavy atom. The predicted octanol–water partition coefficient (Wildman–Crippen LogP) is 3.38. The van der Waals surface area contributed by atoms with Crippen molar-refractivity contribution < 1.29 is 0 Å². The highest BCUT2D eigenvalue weighted by Crippen LogP contribution is 2.37. The van der Waals surface area contributed by atoms with Crippen molar-refractivity contribution in [1.29, 1.82) is 0 Å². The summed E-state index contributed by atoms with van der Waals surface area (Å²) in [7, 11) is 3.10. The van der Waals surface area contributed by atoms with E-state index in [9.17, 15) is 9.59 Å². The van der Waals surface area contributed by atoms with E-state index in [1.54, 1.807) is 24.9 Å². The number of benzene rings is 1. The van der Waals surface area contributed by atoms with Crippen molar-refractivity contribution >= 4 is 34.4 Å². The van der Waals surface area contributed by atoms with Gasteiger partial charge in [-0.15, -0.1) is 11.8 Å². The molecule has 2 aromatic heterocycles. The average Bonchev–Trinajstić information content (AvgIpc) is 3.17. The van der Waals surface area contributed by atoms with E-state index in [0.717, 1.165) is 17.4 Å². The van der Waals surface area contributed by atoms with Gasteiger partial charge in [-0.1, -0.05) is 36.6 Å². The van der Waals surface area contributed by atoms with E-state index in [0.29, 0.717) is 37.7 Å². The van der Waals surface area contributed by atoms with Crippen LogP contribution in [0.2, 0.25) is 5.02 Å². The van der Waals surface area contributed by atoms with Crippen molar-refractivity contribution in [2.75, 3.05) is 0 Å². The summed E-state index contributed by atoms with van der Waals surface area (Å²) in [4.78, 5) is 34.5. The maximum atomic E-state index is 12.8. The van der Waals surface area contributed by atoms with E-state index < -0.39 is 5.69 Å². The molecule has 0 saturated heterocycles. The quantitative estimate of drug-likeness (QED) is 0.628. The first-order chi connectivity index (χ1) is 13.0. The normalized spacial score (nSPS) is 14.9. The Bertz CT molecular complexity index is 1150. The molecular formula is C19H19ClN4O2S. The molecule has 3 aromatic rings. The van der Waals surface area contributed by atoms with Crippen LogP contribution in [0.3, 0.4) is 0 Å². The van der Waals surface area contributed by atoms with E-state index in [4.69, 9.17) is 16.6 Å². The Hall–Kier alpha value is -2.12. The molecule has 1 aliphatic carbocycles. The standard InChI is InChI=1S/C19H19ClN4O2S/c1-23-16-14(18(25)24(2)19(23)26)17(27-11-7-3-4-8-11)22-15(21-16)12-9-5-6-10-13(12)20/h5-6,9-11H,3-4,7-8H2,1-2H3. The minimum Gasteiger partial charge on any atom is -0.280 e. The molecule has 0 spiro atoms. The molecule has 4 rings (SSSR count). The molecule has 1 aliphatic rings. The second kappa shape index (κ2) is 7.13. The second-order valence-electron chi connectivity index (χ2n) is 6.76. The lowest BCUT2D eigenvalue weighted by Crippen LogP contribution is -2.37. The molecule has 140 valence electrons. The number of fused-ring (bicyclic) bond motifs is 1. The fraction of sp³-hybridized carbons (Fsp3) is 0.368. The Balaban J connectivity index is 2.03. The number of aromatic nitrogens is 4. The van der Waals surface area contributed by atoms with Crippen molar-refractivity contribution in [2.45, 2.75) is 36.0 Å². The molecule has 0 bridgehead atoms. The highest BCUT2D eigenvalue weighted by Gasteiger charge is 2.23. The van der Waals surface area contributed by atoms with Crippen LogP contribution in [0, 0.1) is 0 Å². The molecule has 0 atom stereocenters. The van der Waals surface area contributed by atoms with Crippen LogP contribution in [0.4, 0.5) is 0 Å². The molecule has 6 nitrogen and oxygen atoms in total. The topological polar surface area (TPSA) is 69.8 Å². The van der Waals surface area contributed by atoms with Crippen LogP contribution in [-0.4, -0.2) is 24.4 Å². The van der Waals surface area contributed by atoms with E-state index in [1.807, 2.05) is 18.2 Å². The number of nitrogens with zero attached hydrogens (tertiary/aromatic N) is 4. The number of aryl methyl sites for hydroxylation is 1. The van der Waals surface area contributed by atoms with Crippen molar-refractivity contribution in [1.82, 2.24) is 19.1 Å². The van der Waals surface area contributed by atoms with Crippen molar-refractivity contribution in [2.24, 2.45) is 14.1 Å². The Kier molecular flexibility index (Phi) is 4.82. The maximum Gasteiger partial charge on any atom is 0.332 e. The molecule has 2 heterocycles. The van der Waals surface area contributed by atoms with E-state index in [1.165, 1.54) is 24.5 Å². The van der Waals surface area contributed by atoms with E-state index >= 15 is 0 Å². The Labute approximate surface area is 165 Å². The van der Waals surface area contributed by atoms with Gasteiger partial charge in [0, 0.05) is 24.9 Å². The van der Waals surface area contributed by atoms with Crippen molar-refractivity contribution in [3.63, 3.8) is 0 Å². The van der Waals surface area contributed by atoms with Gasteiger partial charge in [-0.05, 0) is 25.0 Å². The first kappa shape index (κ1) is 18.3. The first-order valence-corrected chi connectivity index (χ1v) is 10.1. The monoisotopic (exact) mass is 402 g/mol. The molecule has 0 N–H and O–H groups in total. The Morgan fingerprint density at radius 3 is 2.48 bits per heavy atom. The van der Waals surface area contributed by atoms with Gasteiger partial charge in [-0.25, -0.2) is 14.8 Å². The molecule has 27 heavy (non-hydrogen) atoms. The molecule has 8 heteroatoms. The molecule has 1 fully saturated rings. The SMILES string of the molecule is Cn1c(=O)c2c(SC3CCCC3)nc(-c3ccccc3Cl)nc2n(C)c1=O. The summed E-state index contributed by atoms with van der Waals surface area (Å²) in [5.41, 5.74) is 0.253. The van der Waals surface area contributed by atoms with Crippen molar-refractivity contribution in [3.05, 3.63) is 50.1 Å². The van der Waals surface area contributed by atoms with E-state index in [2.05, 4.69) is 4.98 Å². The molecule has 0 unspecified atom stereocenters. The molecule has 0 aliphatic heterocycles. The average molecular weight is 403 g/mol. The lowest BCUT2D eigenvalue weighted by molar-refractivity contribution is 0.703. The zero-order valence-corrected chi connectivity index (χ0v) is 16.7. The molecule has 0 amide bonds.